The van der Waals surface area contributed by atoms with Gasteiger partial charge in [0.25, 0.3) is 0 Å². The van der Waals surface area contributed by atoms with Crippen LogP contribution in [0.15, 0.2) is 24.3 Å². The van der Waals surface area contributed by atoms with Gasteiger partial charge in [-0.2, -0.15) is 0 Å². The molecule has 1 rings (SSSR count). The second kappa shape index (κ2) is 8.98. The van der Waals surface area contributed by atoms with E-state index in [2.05, 4.69) is 38.2 Å². The molecule has 0 atom stereocenters. The zero-order chi connectivity index (χ0) is 14.8. The van der Waals surface area contributed by atoms with E-state index in [-0.39, 0.29) is 5.41 Å². The molecular formula is C17H29NO2. The van der Waals surface area contributed by atoms with Crippen molar-refractivity contribution in [1.29, 1.82) is 0 Å². The minimum Gasteiger partial charge on any atom is -0.493 e. The van der Waals surface area contributed by atoms with Gasteiger partial charge >= 0.3 is 0 Å². The Morgan fingerprint density at radius 1 is 1.15 bits per heavy atom. The molecule has 0 aliphatic rings. The van der Waals surface area contributed by atoms with E-state index in [0.717, 1.165) is 38.5 Å². The average molecular weight is 279 g/mol. The Morgan fingerprint density at radius 2 is 1.85 bits per heavy atom. The first kappa shape index (κ1) is 17.0. The molecule has 0 aromatic heterocycles. The summed E-state index contributed by atoms with van der Waals surface area (Å²) in [6, 6.07) is 8.30. The molecule has 1 aromatic rings. The van der Waals surface area contributed by atoms with Gasteiger partial charge in [-0.15, -0.1) is 0 Å². The maximum atomic E-state index is 5.89. The number of hydrogen-bond acceptors (Lipinski definition) is 3. The van der Waals surface area contributed by atoms with Crippen LogP contribution >= 0.6 is 0 Å². The smallest absolute Gasteiger partial charge is 0.119 e. The molecule has 0 spiro atoms. The predicted molar refractivity (Wildman–Crippen MR) is 84.5 cm³/mol. The number of hydrogen-bond donors (Lipinski definition) is 1. The van der Waals surface area contributed by atoms with Crippen molar-refractivity contribution in [2.24, 2.45) is 5.41 Å². The van der Waals surface area contributed by atoms with Gasteiger partial charge in [0.15, 0.2) is 0 Å². The van der Waals surface area contributed by atoms with Crippen LogP contribution in [0.1, 0.15) is 32.8 Å². The van der Waals surface area contributed by atoms with Crippen molar-refractivity contribution in [1.82, 2.24) is 5.32 Å². The summed E-state index contributed by atoms with van der Waals surface area (Å²) < 4.78 is 11.0. The van der Waals surface area contributed by atoms with E-state index >= 15 is 0 Å². The van der Waals surface area contributed by atoms with Crippen LogP contribution in [0.5, 0.6) is 5.75 Å². The Kier molecular flexibility index (Phi) is 7.63. The van der Waals surface area contributed by atoms with Gasteiger partial charge in [-0.05, 0) is 37.1 Å². The lowest BCUT2D eigenvalue weighted by molar-refractivity contribution is 0.176. The zero-order valence-electron chi connectivity index (χ0n) is 13.4. The fourth-order valence-electron chi connectivity index (χ4n) is 1.91. The van der Waals surface area contributed by atoms with Crippen LogP contribution in [0.4, 0.5) is 0 Å². The molecule has 0 heterocycles. The summed E-state index contributed by atoms with van der Waals surface area (Å²) in [6.45, 7) is 10.2. The lowest BCUT2D eigenvalue weighted by atomic mass is 9.95. The van der Waals surface area contributed by atoms with Crippen molar-refractivity contribution in [2.75, 3.05) is 33.4 Å². The first-order valence-electron chi connectivity index (χ1n) is 7.49. The molecule has 0 aliphatic carbocycles. The molecule has 0 aliphatic heterocycles. The number of ether oxygens (including phenoxy) is 2. The highest BCUT2D eigenvalue weighted by molar-refractivity contribution is 5.27. The molecule has 0 amide bonds. The van der Waals surface area contributed by atoms with E-state index in [1.54, 1.807) is 7.11 Å². The molecule has 114 valence electrons. The minimum atomic E-state index is 0.143. The fourth-order valence-corrected chi connectivity index (χ4v) is 1.91. The van der Waals surface area contributed by atoms with Gasteiger partial charge < -0.3 is 14.8 Å². The van der Waals surface area contributed by atoms with Gasteiger partial charge in [-0.3, -0.25) is 0 Å². The van der Waals surface area contributed by atoms with Crippen LogP contribution in [0.25, 0.3) is 0 Å². The Labute approximate surface area is 123 Å². The summed E-state index contributed by atoms with van der Waals surface area (Å²) in [4.78, 5) is 0. The molecule has 0 unspecified atom stereocenters. The van der Waals surface area contributed by atoms with Crippen molar-refractivity contribution >= 4 is 0 Å². The normalized spacial score (nSPS) is 11.6. The highest BCUT2D eigenvalue weighted by Gasteiger charge is 2.18. The molecule has 0 radical (unpaired) electrons. The third kappa shape index (κ3) is 6.92. The number of benzene rings is 1. The van der Waals surface area contributed by atoms with E-state index in [9.17, 15) is 0 Å². The van der Waals surface area contributed by atoms with Gasteiger partial charge in [-0.25, -0.2) is 0 Å². The zero-order valence-corrected chi connectivity index (χ0v) is 13.4. The van der Waals surface area contributed by atoms with Crippen LogP contribution in [0.2, 0.25) is 0 Å². The van der Waals surface area contributed by atoms with E-state index < -0.39 is 0 Å². The highest BCUT2D eigenvalue weighted by Crippen LogP contribution is 2.18. The van der Waals surface area contributed by atoms with Gasteiger partial charge in [0.2, 0.25) is 0 Å². The third-order valence-corrected chi connectivity index (χ3v) is 3.18. The lowest BCUT2D eigenvalue weighted by Crippen LogP contribution is -2.34. The Morgan fingerprint density at radius 3 is 2.45 bits per heavy atom. The number of nitrogens with one attached hydrogen (secondary N) is 1. The molecule has 3 heteroatoms. The van der Waals surface area contributed by atoms with Crippen molar-refractivity contribution in [3.63, 3.8) is 0 Å². The third-order valence-electron chi connectivity index (χ3n) is 3.18. The summed E-state index contributed by atoms with van der Waals surface area (Å²) in [6.07, 6.45) is 2.11. The maximum absolute atomic E-state index is 5.89. The summed E-state index contributed by atoms with van der Waals surface area (Å²) in [5.74, 6) is 0.940. The lowest BCUT2D eigenvalue weighted by Gasteiger charge is -2.25. The molecule has 0 saturated carbocycles. The van der Waals surface area contributed by atoms with Crippen LogP contribution in [-0.4, -0.2) is 33.4 Å². The predicted octanol–water partition coefficient (Wildman–Crippen LogP) is 3.28. The monoisotopic (exact) mass is 279 g/mol. The first-order valence-corrected chi connectivity index (χ1v) is 7.49. The fraction of sp³-hybridized carbons (Fsp3) is 0.647. The van der Waals surface area contributed by atoms with Crippen LogP contribution in [0, 0.1) is 5.41 Å². The molecule has 0 bridgehead atoms. The Bertz CT molecular complexity index is 360. The van der Waals surface area contributed by atoms with E-state index in [4.69, 9.17) is 9.47 Å². The Balaban J connectivity index is 2.36. The topological polar surface area (TPSA) is 30.5 Å². The molecule has 1 N–H and O–H groups in total. The van der Waals surface area contributed by atoms with Gasteiger partial charge in [0, 0.05) is 19.1 Å². The average Bonchev–Trinajstić information content (AvgIpc) is 2.44. The molecular weight excluding hydrogens is 250 g/mol. The molecule has 1 aromatic carbocycles. The summed E-state index contributed by atoms with van der Waals surface area (Å²) in [7, 11) is 1.73. The largest absolute Gasteiger partial charge is 0.493 e. The van der Waals surface area contributed by atoms with Crippen LogP contribution in [0.3, 0.4) is 0 Å². The second-order valence-electron chi connectivity index (χ2n) is 6.02. The number of rotatable bonds is 10. The van der Waals surface area contributed by atoms with Crippen molar-refractivity contribution in [2.45, 2.75) is 33.6 Å². The van der Waals surface area contributed by atoms with Gasteiger partial charge in [-0.1, -0.05) is 32.9 Å². The van der Waals surface area contributed by atoms with E-state index in [1.165, 1.54) is 12.0 Å². The quantitative estimate of drug-likeness (QED) is 0.667. The molecule has 3 nitrogen and oxygen atoms in total. The van der Waals surface area contributed by atoms with Crippen molar-refractivity contribution in [3.05, 3.63) is 29.8 Å². The molecule has 0 fully saturated rings. The minimum absolute atomic E-state index is 0.143. The molecule has 0 saturated heterocycles. The summed E-state index contributed by atoms with van der Waals surface area (Å²) >= 11 is 0. The Hall–Kier alpha value is -1.06. The van der Waals surface area contributed by atoms with Crippen LogP contribution in [-0.2, 0) is 11.2 Å². The summed E-state index contributed by atoms with van der Waals surface area (Å²) in [5, 5.41) is 3.45. The van der Waals surface area contributed by atoms with E-state index in [0.29, 0.717) is 0 Å². The van der Waals surface area contributed by atoms with Gasteiger partial charge in [0.05, 0.1) is 13.2 Å². The number of methoxy groups -OCH3 is 1. The summed E-state index contributed by atoms with van der Waals surface area (Å²) in [5.41, 5.74) is 1.42. The van der Waals surface area contributed by atoms with Crippen molar-refractivity contribution < 1.29 is 9.47 Å². The standard InChI is InChI=1S/C17H29NO2/c1-5-11-18-13-17(2,3)14-20-16-8-6-15(7-9-16)10-12-19-4/h6-9,18H,5,10-14H2,1-4H3. The van der Waals surface area contributed by atoms with Gasteiger partial charge in [0.1, 0.15) is 5.75 Å². The highest BCUT2D eigenvalue weighted by atomic mass is 16.5. The molecule has 20 heavy (non-hydrogen) atoms. The van der Waals surface area contributed by atoms with Crippen LogP contribution < -0.4 is 10.1 Å². The van der Waals surface area contributed by atoms with Crippen molar-refractivity contribution in [3.8, 4) is 5.75 Å². The SMILES string of the molecule is CCCNCC(C)(C)COc1ccc(CCOC)cc1. The first-order chi connectivity index (χ1) is 9.57. The van der Waals surface area contributed by atoms with E-state index in [1.807, 2.05) is 12.1 Å². The maximum Gasteiger partial charge on any atom is 0.119 e. The second-order valence-corrected chi connectivity index (χ2v) is 6.02.